The Kier molecular flexibility index (Phi) is 4.53. The molecular formula is C12H14Br2O. The van der Waals surface area contributed by atoms with Gasteiger partial charge in [0.05, 0.1) is 4.83 Å². The fourth-order valence-corrected chi connectivity index (χ4v) is 2.69. The van der Waals surface area contributed by atoms with E-state index in [4.69, 9.17) is 0 Å². The predicted molar refractivity (Wildman–Crippen MR) is 70.7 cm³/mol. The molecule has 1 unspecified atom stereocenters. The molecule has 0 fully saturated rings. The molecule has 0 amide bonds. The predicted octanol–water partition coefficient (Wildman–Crippen LogP) is 3.96. The molecule has 0 spiro atoms. The van der Waals surface area contributed by atoms with E-state index in [0.717, 1.165) is 10.9 Å². The monoisotopic (exact) mass is 332 g/mol. The molecule has 1 atom stereocenters. The van der Waals surface area contributed by atoms with E-state index < -0.39 is 0 Å². The fourth-order valence-electron chi connectivity index (χ4n) is 1.53. The van der Waals surface area contributed by atoms with Gasteiger partial charge in [0.15, 0.2) is 0 Å². The van der Waals surface area contributed by atoms with Gasteiger partial charge in [0.25, 0.3) is 0 Å². The molecule has 0 radical (unpaired) electrons. The van der Waals surface area contributed by atoms with Crippen LogP contribution < -0.4 is 0 Å². The average molecular weight is 334 g/mol. The highest BCUT2D eigenvalue weighted by molar-refractivity contribution is 9.10. The van der Waals surface area contributed by atoms with E-state index in [-0.39, 0.29) is 10.6 Å². The third-order valence-electron chi connectivity index (χ3n) is 2.39. The number of ketones is 1. The van der Waals surface area contributed by atoms with Crippen molar-refractivity contribution in [3.8, 4) is 0 Å². The summed E-state index contributed by atoms with van der Waals surface area (Å²) < 4.78 is 1.09. The third-order valence-corrected chi connectivity index (χ3v) is 4.06. The van der Waals surface area contributed by atoms with Crippen molar-refractivity contribution in [2.75, 3.05) is 0 Å². The van der Waals surface area contributed by atoms with Crippen molar-refractivity contribution >= 4 is 37.6 Å². The minimum Gasteiger partial charge on any atom is -0.299 e. The summed E-state index contributed by atoms with van der Waals surface area (Å²) >= 11 is 6.94. The van der Waals surface area contributed by atoms with Crippen molar-refractivity contribution in [3.63, 3.8) is 0 Å². The summed E-state index contributed by atoms with van der Waals surface area (Å²) in [6.07, 6.45) is 0.738. The van der Waals surface area contributed by atoms with Gasteiger partial charge in [-0.05, 0) is 49.9 Å². The number of halogens is 2. The van der Waals surface area contributed by atoms with Crippen LogP contribution in [0.3, 0.4) is 0 Å². The van der Waals surface area contributed by atoms with Crippen LogP contribution in [0.2, 0.25) is 0 Å². The average Bonchev–Trinajstić information content (AvgIpc) is 2.10. The topological polar surface area (TPSA) is 17.1 Å². The smallest absolute Gasteiger partial charge is 0.143 e. The molecule has 0 saturated heterocycles. The van der Waals surface area contributed by atoms with E-state index in [1.807, 2.05) is 0 Å². The zero-order valence-electron chi connectivity index (χ0n) is 9.10. The van der Waals surface area contributed by atoms with E-state index in [2.05, 4.69) is 57.8 Å². The van der Waals surface area contributed by atoms with Gasteiger partial charge in [0.2, 0.25) is 0 Å². The maximum absolute atomic E-state index is 11.2. The second-order valence-corrected chi connectivity index (χ2v) is 5.78. The third kappa shape index (κ3) is 3.42. The summed E-state index contributed by atoms with van der Waals surface area (Å²) in [6, 6.07) is 4.22. The first kappa shape index (κ1) is 12.9. The van der Waals surface area contributed by atoms with Crippen LogP contribution in [-0.4, -0.2) is 10.6 Å². The second kappa shape index (κ2) is 5.26. The normalized spacial score (nSPS) is 12.6. The summed E-state index contributed by atoms with van der Waals surface area (Å²) in [5.74, 6) is 0.168. The molecule has 15 heavy (non-hydrogen) atoms. The van der Waals surface area contributed by atoms with E-state index in [1.54, 1.807) is 6.92 Å². The lowest BCUT2D eigenvalue weighted by Crippen LogP contribution is -2.13. The lowest BCUT2D eigenvalue weighted by Gasteiger charge is -2.12. The van der Waals surface area contributed by atoms with Crippen LogP contribution in [0.25, 0.3) is 0 Å². The maximum Gasteiger partial charge on any atom is 0.143 e. The summed E-state index contributed by atoms with van der Waals surface area (Å²) in [6.45, 7) is 5.75. The molecule has 0 N–H and O–H groups in total. The zero-order chi connectivity index (χ0) is 11.6. The van der Waals surface area contributed by atoms with Gasteiger partial charge < -0.3 is 0 Å². The van der Waals surface area contributed by atoms with Crippen LogP contribution in [0, 0.1) is 13.8 Å². The number of alkyl halides is 1. The van der Waals surface area contributed by atoms with Gasteiger partial charge in [-0.3, -0.25) is 4.79 Å². The Morgan fingerprint density at radius 1 is 1.40 bits per heavy atom. The number of hydrogen-bond acceptors (Lipinski definition) is 1. The number of carbonyl (C=O) groups is 1. The standard InChI is InChI=1S/C12H14Br2O/c1-7-4-8(2)10(12(14)5-7)6-11(13)9(3)15/h4-5,11H,6H2,1-3H3. The van der Waals surface area contributed by atoms with Crippen LogP contribution in [0.1, 0.15) is 23.6 Å². The Bertz CT molecular complexity index is 362. The molecule has 0 aliphatic heterocycles. The molecule has 0 bridgehead atoms. The highest BCUT2D eigenvalue weighted by atomic mass is 79.9. The van der Waals surface area contributed by atoms with Gasteiger partial charge in [-0.15, -0.1) is 0 Å². The Labute approximate surface area is 108 Å². The van der Waals surface area contributed by atoms with Gasteiger partial charge in [-0.1, -0.05) is 37.9 Å². The van der Waals surface area contributed by atoms with Gasteiger partial charge in [-0.25, -0.2) is 0 Å². The lowest BCUT2D eigenvalue weighted by molar-refractivity contribution is -0.116. The van der Waals surface area contributed by atoms with Crippen LogP contribution >= 0.6 is 31.9 Å². The molecule has 82 valence electrons. The fraction of sp³-hybridized carbons (Fsp3) is 0.417. The van der Waals surface area contributed by atoms with Crippen molar-refractivity contribution in [1.82, 2.24) is 0 Å². The maximum atomic E-state index is 11.2. The van der Waals surface area contributed by atoms with Crippen molar-refractivity contribution in [2.45, 2.75) is 32.0 Å². The molecule has 1 rings (SSSR count). The number of hydrogen-bond donors (Lipinski definition) is 0. The van der Waals surface area contributed by atoms with Gasteiger partial charge in [-0.2, -0.15) is 0 Å². The molecule has 1 nitrogen and oxygen atoms in total. The molecule has 1 aromatic rings. The SMILES string of the molecule is CC(=O)C(Br)Cc1c(C)cc(C)cc1Br. The minimum absolute atomic E-state index is 0.0878. The van der Waals surface area contributed by atoms with Crippen molar-refractivity contribution < 1.29 is 4.79 Å². The number of carbonyl (C=O) groups excluding carboxylic acids is 1. The highest BCUT2D eigenvalue weighted by Gasteiger charge is 2.14. The van der Waals surface area contributed by atoms with Gasteiger partial charge >= 0.3 is 0 Å². The van der Waals surface area contributed by atoms with Crippen molar-refractivity contribution in [3.05, 3.63) is 33.3 Å². The number of rotatable bonds is 3. The summed E-state index contributed by atoms with van der Waals surface area (Å²) in [7, 11) is 0. The molecule has 3 heteroatoms. The molecule has 0 heterocycles. The summed E-state index contributed by atoms with van der Waals surface area (Å²) in [4.78, 5) is 11.1. The number of benzene rings is 1. The van der Waals surface area contributed by atoms with Crippen LogP contribution in [0.15, 0.2) is 16.6 Å². The summed E-state index contributed by atoms with van der Waals surface area (Å²) in [5.41, 5.74) is 3.67. The van der Waals surface area contributed by atoms with Crippen molar-refractivity contribution in [1.29, 1.82) is 0 Å². The molecule has 1 aromatic carbocycles. The van der Waals surface area contributed by atoms with Crippen LogP contribution in [0.5, 0.6) is 0 Å². The Hall–Kier alpha value is -0.150. The molecule has 0 aromatic heterocycles. The first-order valence-corrected chi connectivity index (χ1v) is 6.53. The largest absolute Gasteiger partial charge is 0.299 e. The quantitative estimate of drug-likeness (QED) is 0.765. The van der Waals surface area contributed by atoms with Crippen LogP contribution in [-0.2, 0) is 11.2 Å². The van der Waals surface area contributed by atoms with E-state index >= 15 is 0 Å². The Morgan fingerprint density at radius 3 is 2.47 bits per heavy atom. The van der Waals surface area contributed by atoms with Crippen molar-refractivity contribution in [2.24, 2.45) is 0 Å². The van der Waals surface area contributed by atoms with Gasteiger partial charge in [0, 0.05) is 4.47 Å². The second-order valence-electron chi connectivity index (χ2n) is 3.82. The number of Topliss-reactive ketones (excluding diaryl/α,β-unsaturated/α-hetero) is 1. The summed E-state index contributed by atoms with van der Waals surface area (Å²) in [5, 5.41) is 0. The molecule has 0 saturated carbocycles. The first-order chi connectivity index (χ1) is 6.91. The molecule has 0 aliphatic carbocycles. The molecular weight excluding hydrogens is 320 g/mol. The minimum atomic E-state index is -0.0878. The zero-order valence-corrected chi connectivity index (χ0v) is 12.3. The van der Waals surface area contributed by atoms with E-state index in [9.17, 15) is 4.79 Å². The highest BCUT2D eigenvalue weighted by Crippen LogP contribution is 2.25. The Balaban J connectivity index is 3.00. The van der Waals surface area contributed by atoms with E-state index in [1.165, 1.54) is 16.7 Å². The first-order valence-electron chi connectivity index (χ1n) is 4.82. The van der Waals surface area contributed by atoms with Crippen LogP contribution in [0.4, 0.5) is 0 Å². The Morgan fingerprint density at radius 2 is 2.00 bits per heavy atom. The van der Waals surface area contributed by atoms with E-state index in [0.29, 0.717) is 0 Å². The lowest BCUT2D eigenvalue weighted by atomic mass is 10.0. The van der Waals surface area contributed by atoms with Gasteiger partial charge in [0.1, 0.15) is 5.78 Å². The molecule has 0 aliphatic rings. The number of aryl methyl sites for hydroxylation is 2.